The number of halogens is 3. The van der Waals surface area contributed by atoms with E-state index >= 15 is 0 Å². The SMILES string of the molecule is COc1cc(C=Cc2nc3n(n2)CCC[C@H]3c2c(F)cc(F)cc2F)ccc1-n1cnc(C)c1. The van der Waals surface area contributed by atoms with Gasteiger partial charge in [-0.15, -0.1) is 0 Å². The van der Waals surface area contributed by atoms with E-state index in [4.69, 9.17) is 4.74 Å². The molecule has 0 saturated carbocycles. The Labute approximate surface area is 194 Å². The lowest BCUT2D eigenvalue weighted by atomic mass is 9.90. The third kappa shape index (κ3) is 4.09. The van der Waals surface area contributed by atoms with Gasteiger partial charge in [-0.2, -0.15) is 5.10 Å². The number of benzene rings is 2. The average Bonchev–Trinajstić information content (AvgIpc) is 3.43. The van der Waals surface area contributed by atoms with E-state index < -0.39 is 23.4 Å². The zero-order chi connectivity index (χ0) is 23.8. The molecule has 0 fully saturated rings. The maximum absolute atomic E-state index is 14.4. The molecule has 34 heavy (non-hydrogen) atoms. The van der Waals surface area contributed by atoms with Crippen LogP contribution in [-0.4, -0.2) is 31.4 Å². The van der Waals surface area contributed by atoms with E-state index in [1.807, 2.05) is 42.0 Å². The maximum Gasteiger partial charge on any atom is 0.174 e. The van der Waals surface area contributed by atoms with E-state index in [2.05, 4.69) is 15.1 Å². The Hall–Kier alpha value is -3.88. The Bertz CT molecular complexity index is 1370. The number of hydrogen-bond donors (Lipinski definition) is 0. The van der Waals surface area contributed by atoms with E-state index in [-0.39, 0.29) is 5.56 Å². The Morgan fingerprint density at radius 1 is 1.09 bits per heavy atom. The first-order valence-electron chi connectivity index (χ1n) is 10.9. The summed E-state index contributed by atoms with van der Waals surface area (Å²) in [6.07, 6.45) is 8.43. The first kappa shape index (κ1) is 21.9. The van der Waals surface area contributed by atoms with Gasteiger partial charge in [0.05, 0.1) is 24.8 Å². The molecule has 0 spiro atoms. The van der Waals surface area contributed by atoms with Gasteiger partial charge in [0.1, 0.15) is 29.0 Å². The molecule has 1 aliphatic heterocycles. The zero-order valence-corrected chi connectivity index (χ0v) is 18.7. The third-order valence-electron chi connectivity index (χ3n) is 5.90. The van der Waals surface area contributed by atoms with Crippen molar-refractivity contribution in [3.8, 4) is 11.4 Å². The van der Waals surface area contributed by atoms with E-state index in [0.29, 0.717) is 48.9 Å². The van der Waals surface area contributed by atoms with Crippen molar-refractivity contribution in [2.24, 2.45) is 0 Å². The molecule has 1 atom stereocenters. The number of hydrogen-bond acceptors (Lipinski definition) is 4. The molecule has 0 radical (unpaired) electrons. The van der Waals surface area contributed by atoms with Crippen LogP contribution in [0.4, 0.5) is 13.2 Å². The highest BCUT2D eigenvalue weighted by Gasteiger charge is 2.30. The van der Waals surface area contributed by atoms with Crippen LogP contribution in [0.5, 0.6) is 5.75 Å². The van der Waals surface area contributed by atoms with Crippen LogP contribution < -0.4 is 4.74 Å². The molecule has 174 valence electrons. The van der Waals surface area contributed by atoms with Gasteiger partial charge < -0.3 is 9.30 Å². The molecule has 0 aliphatic carbocycles. The van der Waals surface area contributed by atoms with Gasteiger partial charge in [0.25, 0.3) is 0 Å². The van der Waals surface area contributed by atoms with Gasteiger partial charge in [0, 0.05) is 36.4 Å². The summed E-state index contributed by atoms with van der Waals surface area (Å²) in [5, 5.41) is 4.49. The number of imidazole rings is 1. The molecule has 2 aromatic heterocycles. The number of aryl methyl sites for hydroxylation is 2. The van der Waals surface area contributed by atoms with Crippen LogP contribution in [0.15, 0.2) is 42.9 Å². The number of methoxy groups -OCH3 is 1. The van der Waals surface area contributed by atoms with Crippen LogP contribution in [0, 0.1) is 24.4 Å². The van der Waals surface area contributed by atoms with Crippen LogP contribution >= 0.6 is 0 Å². The summed E-state index contributed by atoms with van der Waals surface area (Å²) in [6.45, 7) is 2.52. The van der Waals surface area contributed by atoms with Gasteiger partial charge >= 0.3 is 0 Å². The van der Waals surface area contributed by atoms with Gasteiger partial charge in [-0.25, -0.2) is 27.8 Å². The monoisotopic (exact) mass is 465 g/mol. The first-order valence-corrected chi connectivity index (χ1v) is 10.9. The predicted molar refractivity (Wildman–Crippen MR) is 121 cm³/mol. The molecule has 0 bridgehead atoms. The van der Waals surface area contributed by atoms with Gasteiger partial charge in [0.2, 0.25) is 0 Å². The largest absolute Gasteiger partial charge is 0.495 e. The van der Waals surface area contributed by atoms with E-state index in [1.54, 1.807) is 24.2 Å². The molecular weight excluding hydrogens is 443 g/mol. The fourth-order valence-electron chi connectivity index (χ4n) is 4.33. The quantitative estimate of drug-likeness (QED) is 0.402. The van der Waals surface area contributed by atoms with Crippen molar-refractivity contribution < 1.29 is 17.9 Å². The molecule has 3 heterocycles. The summed E-state index contributed by atoms with van der Waals surface area (Å²) in [7, 11) is 1.61. The normalized spacial score (nSPS) is 15.6. The van der Waals surface area contributed by atoms with E-state index in [1.165, 1.54) is 0 Å². The number of aromatic nitrogens is 5. The molecule has 0 amide bonds. The molecule has 2 aromatic carbocycles. The summed E-state index contributed by atoms with van der Waals surface area (Å²) >= 11 is 0. The minimum absolute atomic E-state index is 0.166. The van der Waals surface area contributed by atoms with Crippen LogP contribution in [0.2, 0.25) is 0 Å². The molecule has 0 N–H and O–H groups in total. The maximum atomic E-state index is 14.4. The molecule has 0 unspecified atom stereocenters. The summed E-state index contributed by atoms with van der Waals surface area (Å²) in [4.78, 5) is 8.78. The lowest BCUT2D eigenvalue weighted by Gasteiger charge is -2.23. The van der Waals surface area contributed by atoms with Gasteiger partial charge in [0.15, 0.2) is 5.82 Å². The van der Waals surface area contributed by atoms with Crippen LogP contribution in [0.25, 0.3) is 17.8 Å². The van der Waals surface area contributed by atoms with Crippen molar-refractivity contribution in [3.05, 3.63) is 88.8 Å². The number of ether oxygens (including phenoxy) is 1. The molecule has 9 heteroatoms. The second kappa shape index (κ2) is 8.81. The van der Waals surface area contributed by atoms with E-state index in [0.717, 1.165) is 16.9 Å². The standard InChI is InChI=1S/C25H22F3N5O/c1-15-13-32(14-29-15)21-7-5-16(10-22(21)34-2)6-8-23-30-25-18(4-3-9-33(25)31-23)24-19(27)11-17(26)12-20(24)28/h5-8,10-14,18H,3-4,9H2,1-2H3/t18-/m0/s1. The van der Waals surface area contributed by atoms with Gasteiger partial charge in [-0.3, -0.25) is 0 Å². The summed E-state index contributed by atoms with van der Waals surface area (Å²) in [5.41, 5.74) is 2.47. The second-order valence-electron chi connectivity index (χ2n) is 8.22. The topological polar surface area (TPSA) is 57.8 Å². The predicted octanol–water partition coefficient (Wildman–Crippen LogP) is 5.29. The Morgan fingerprint density at radius 2 is 1.88 bits per heavy atom. The lowest BCUT2D eigenvalue weighted by Crippen LogP contribution is -2.20. The fraction of sp³-hybridized carbons (Fsp3) is 0.240. The summed E-state index contributed by atoms with van der Waals surface area (Å²) < 4.78 is 51.3. The highest BCUT2D eigenvalue weighted by Crippen LogP contribution is 2.35. The van der Waals surface area contributed by atoms with Crippen molar-refractivity contribution in [2.75, 3.05) is 7.11 Å². The van der Waals surface area contributed by atoms with Gasteiger partial charge in [-0.05, 0) is 43.5 Å². The first-order chi connectivity index (χ1) is 16.4. The molecule has 4 aromatic rings. The highest BCUT2D eigenvalue weighted by atomic mass is 19.1. The molecule has 0 saturated heterocycles. The van der Waals surface area contributed by atoms with Crippen molar-refractivity contribution in [2.45, 2.75) is 32.2 Å². The zero-order valence-electron chi connectivity index (χ0n) is 18.7. The number of fused-ring (bicyclic) bond motifs is 1. The molecular formula is C25H22F3N5O. The lowest BCUT2D eigenvalue weighted by molar-refractivity contribution is 0.413. The van der Waals surface area contributed by atoms with Crippen LogP contribution in [0.3, 0.4) is 0 Å². The fourth-order valence-corrected chi connectivity index (χ4v) is 4.33. The minimum atomic E-state index is -0.940. The van der Waals surface area contributed by atoms with Crippen molar-refractivity contribution in [1.82, 2.24) is 24.3 Å². The Kier molecular flexibility index (Phi) is 5.69. The van der Waals surface area contributed by atoms with Crippen LogP contribution in [0.1, 0.15) is 47.2 Å². The molecule has 1 aliphatic rings. The highest BCUT2D eigenvalue weighted by molar-refractivity contribution is 5.69. The van der Waals surface area contributed by atoms with E-state index in [9.17, 15) is 13.2 Å². The summed E-state index contributed by atoms with van der Waals surface area (Å²) in [6, 6.07) is 7.17. The smallest absolute Gasteiger partial charge is 0.174 e. The number of rotatable bonds is 5. The van der Waals surface area contributed by atoms with Gasteiger partial charge in [-0.1, -0.05) is 12.1 Å². The third-order valence-corrected chi connectivity index (χ3v) is 5.90. The number of nitrogens with zero attached hydrogens (tertiary/aromatic N) is 5. The van der Waals surface area contributed by atoms with Crippen molar-refractivity contribution >= 4 is 12.2 Å². The van der Waals surface area contributed by atoms with Crippen molar-refractivity contribution in [1.29, 1.82) is 0 Å². The molecule has 5 rings (SSSR count). The summed E-state index contributed by atoms with van der Waals surface area (Å²) in [5.74, 6) is -1.80. The Balaban J connectivity index is 1.43. The Morgan fingerprint density at radius 3 is 2.59 bits per heavy atom. The average molecular weight is 465 g/mol. The molecule has 6 nitrogen and oxygen atoms in total. The van der Waals surface area contributed by atoms with Crippen LogP contribution in [-0.2, 0) is 6.54 Å². The van der Waals surface area contributed by atoms with Crippen molar-refractivity contribution in [3.63, 3.8) is 0 Å². The minimum Gasteiger partial charge on any atom is -0.495 e. The second-order valence-corrected chi connectivity index (χ2v) is 8.22.